The Balaban J connectivity index is 2.23. The molecule has 21 heavy (non-hydrogen) atoms. The molecule has 0 aliphatic rings. The van der Waals surface area contributed by atoms with E-state index in [4.69, 9.17) is 23.2 Å². The first kappa shape index (κ1) is 15.7. The molecule has 0 aromatic carbocycles. The number of rotatable bonds is 4. The van der Waals surface area contributed by atoms with Crippen molar-refractivity contribution >= 4 is 34.8 Å². The highest BCUT2D eigenvalue weighted by Gasteiger charge is 2.11. The average molecular weight is 324 g/mol. The lowest BCUT2D eigenvalue weighted by molar-refractivity contribution is 0.102. The zero-order chi connectivity index (χ0) is 15.4. The molecule has 0 saturated carbocycles. The van der Waals surface area contributed by atoms with E-state index < -0.39 is 0 Å². The quantitative estimate of drug-likeness (QED) is 0.853. The molecule has 0 fully saturated rings. The Bertz CT molecular complexity index is 674. The molecule has 4 nitrogen and oxygen atoms in total. The normalized spacial score (nSPS) is 10.5. The number of nitrogens with zero attached hydrogens (tertiary/aromatic N) is 2. The minimum Gasteiger partial charge on any atom is -0.320 e. The van der Waals surface area contributed by atoms with Gasteiger partial charge in [-0.2, -0.15) is 0 Å². The summed E-state index contributed by atoms with van der Waals surface area (Å²) < 4.78 is 0. The zero-order valence-electron chi connectivity index (χ0n) is 11.8. The minimum atomic E-state index is -0.246. The van der Waals surface area contributed by atoms with E-state index in [-0.39, 0.29) is 5.91 Å². The lowest BCUT2D eigenvalue weighted by Crippen LogP contribution is -2.14. The maximum absolute atomic E-state index is 12.3. The highest BCUT2D eigenvalue weighted by molar-refractivity contribution is 6.30. The van der Waals surface area contributed by atoms with Crippen molar-refractivity contribution in [3.63, 3.8) is 0 Å². The number of aryl methyl sites for hydroxylation is 2. The Hall–Kier alpha value is -1.65. The second-order valence-corrected chi connectivity index (χ2v) is 5.42. The molecule has 2 heterocycles. The fourth-order valence-corrected chi connectivity index (χ4v) is 2.34. The summed E-state index contributed by atoms with van der Waals surface area (Å²) in [6, 6.07) is 6.66. The van der Waals surface area contributed by atoms with Gasteiger partial charge in [0, 0.05) is 11.3 Å². The van der Waals surface area contributed by atoms with E-state index in [2.05, 4.69) is 15.3 Å². The van der Waals surface area contributed by atoms with Gasteiger partial charge in [-0.25, -0.2) is 9.97 Å². The van der Waals surface area contributed by atoms with Crippen molar-refractivity contribution in [1.82, 2.24) is 9.97 Å². The monoisotopic (exact) mass is 323 g/mol. The summed E-state index contributed by atoms with van der Waals surface area (Å²) >= 11 is 11.8. The maximum atomic E-state index is 12.3. The van der Waals surface area contributed by atoms with Crippen molar-refractivity contribution in [3.8, 4) is 0 Å². The molecule has 0 bridgehead atoms. The highest BCUT2D eigenvalue weighted by Crippen LogP contribution is 2.18. The van der Waals surface area contributed by atoms with Crippen LogP contribution in [0.4, 0.5) is 5.69 Å². The molecule has 0 aliphatic carbocycles. The molecule has 2 aromatic rings. The van der Waals surface area contributed by atoms with Crippen LogP contribution in [0, 0.1) is 6.92 Å². The number of carbonyl (C=O) groups is 1. The predicted molar refractivity (Wildman–Crippen MR) is 85.2 cm³/mol. The van der Waals surface area contributed by atoms with Crippen LogP contribution in [-0.2, 0) is 6.42 Å². The summed E-state index contributed by atoms with van der Waals surface area (Å²) in [6.07, 6.45) is 1.72. The number of hydrogen-bond donors (Lipinski definition) is 1. The summed E-state index contributed by atoms with van der Waals surface area (Å²) in [5.74, 6) is -0.246. The molecule has 1 amide bonds. The minimum absolute atomic E-state index is 0.246. The number of anilines is 1. The van der Waals surface area contributed by atoms with Crippen molar-refractivity contribution in [2.45, 2.75) is 26.7 Å². The van der Waals surface area contributed by atoms with Crippen LogP contribution in [0.15, 0.2) is 24.3 Å². The van der Waals surface area contributed by atoms with Gasteiger partial charge in [0.2, 0.25) is 0 Å². The standard InChI is InChI=1S/C15H15Cl2N3O/c1-3-4-11-7-10(8-14(17)19-11)15(21)20-12-5-6-13(16)18-9(12)2/h5-8H,3-4H2,1-2H3,(H,20,21). The van der Waals surface area contributed by atoms with E-state index >= 15 is 0 Å². The van der Waals surface area contributed by atoms with Gasteiger partial charge in [-0.15, -0.1) is 0 Å². The summed E-state index contributed by atoms with van der Waals surface area (Å²) in [4.78, 5) is 20.6. The summed E-state index contributed by atoms with van der Waals surface area (Å²) in [6.45, 7) is 3.83. The Morgan fingerprint density at radius 3 is 2.62 bits per heavy atom. The molecule has 1 N–H and O–H groups in total. The van der Waals surface area contributed by atoms with Crippen molar-refractivity contribution in [1.29, 1.82) is 0 Å². The Morgan fingerprint density at radius 1 is 1.19 bits per heavy atom. The van der Waals surface area contributed by atoms with Crippen LogP contribution in [0.5, 0.6) is 0 Å². The van der Waals surface area contributed by atoms with Crippen LogP contribution >= 0.6 is 23.2 Å². The van der Waals surface area contributed by atoms with Gasteiger partial charge in [0.1, 0.15) is 10.3 Å². The third-order valence-corrected chi connectivity index (χ3v) is 3.32. The summed E-state index contributed by atoms with van der Waals surface area (Å²) in [5, 5.41) is 3.51. The number of hydrogen-bond acceptors (Lipinski definition) is 3. The molecule has 0 spiro atoms. The van der Waals surface area contributed by atoms with Gasteiger partial charge in [-0.3, -0.25) is 4.79 Å². The molecule has 6 heteroatoms. The molecule has 0 radical (unpaired) electrons. The SMILES string of the molecule is CCCc1cc(C(=O)Nc2ccc(Cl)nc2C)cc(Cl)n1. The van der Waals surface area contributed by atoms with Crippen LogP contribution in [-0.4, -0.2) is 15.9 Å². The number of nitrogens with one attached hydrogen (secondary N) is 1. The molecule has 0 unspecified atom stereocenters. The van der Waals surface area contributed by atoms with Gasteiger partial charge in [0.15, 0.2) is 0 Å². The van der Waals surface area contributed by atoms with Gasteiger partial charge in [0.25, 0.3) is 5.91 Å². The number of pyridine rings is 2. The first-order valence-electron chi connectivity index (χ1n) is 6.60. The van der Waals surface area contributed by atoms with E-state index in [1.807, 2.05) is 6.92 Å². The maximum Gasteiger partial charge on any atom is 0.255 e. The Kier molecular flexibility index (Phi) is 5.15. The number of carbonyl (C=O) groups excluding carboxylic acids is 1. The lowest BCUT2D eigenvalue weighted by atomic mass is 10.1. The third kappa shape index (κ3) is 4.16. The molecule has 0 saturated heterocycles. The van der Waals surface area contributed by atoms with Crippen LogP contribution in [0.3, 0.4) is 0 Å². The third-order valence-electron chi connectivity index (χ3n) is 2.92. The number of halogens is 2. The van der Waals surface area contributed by atoms with E-state index in [0.29, 0.717) is 27.3 Å². The second kappa shape index (κ2) is 6.87. The first-order chi connectivity index (χ1) is 9.99. The summed E-state index contributed by atoms with van der Waals surface area (Å²) in [5.41, 5.74) is 2.56. The van der Waals surface area contributed by atoms with Crippen molar-refractivity contribution < 1.29 is 4.79 Å². The van der Waals surface area contributed by atoms with Gasteiger partial charge >= 0.3 is 0 Å². The smallest absolute Gasteiger partial charge is 0.255 e. The van der Waals surface area contributed by atoms with E-state index in [0.717, 1.165) is 18.5 Å². The molecule has 110 valence electrons. The Labute approximate surface area is 133 Å². The highest BCUT2D eigenvalue weighted by atomic mass is 35.5. The van der Waals surface area contributed by atoms with E-state index in [1.54, 1.807) is 31.2 Å². The van der Waals surface area contributed by atoms with Crippen LogP contribution in [0.1, 0.15) is 35.1 Å². The predicted octanol–water partition coefficient (Wildman–Crippen LogP) is 4.30. The van der Waals surface area contributed by atoms with Gasteiger partial charge in [0.05, 0.1) is 11.4 Å². The fourth-order valence-electron chi connectivity index (χ4n) is 1.92. The topological polar surface area (TPSA) is 54.9 Å². The van der Waals surface area contributed by atoms with Crippen molar-refractivity contribution in [2.24, 2.45) is 0 Å². The van der Waals surface area contributed by atoms with Crippen LogP contribution in [0.25, 0.3) is 0 Å². The molecule has 2 aromatic heterocycles. The van der Waals surface area contributed by atoms with E-state index in [1.165, 1.54) is 0 Å². The molecule has 0 aliphatic heterocycles. The molecule has 2 rings (SSSR count). The molecular formula is C15H15Cl2N3O. The largest absolute Gasteiger partial charge is 0.320 e. The van der Waals surface area contributed by atoms with Crippen molar-refractivity contribution in [3.05, 3.63) is 51.5 Å². The van der Waals surface area contributed by atoms with Gasteiger partial charge in [-0.1, -0.05) is 36.5 Å². The fraction of sp³-hybridized carbons (Fsp3) is 0.267. The number of amides is 1. The van der Waals surface area contributed by atoms with Crippen LogP contribution < -0.4 is 5.32 Å². The van der Waals surface area contributed by atoms with Crippen LogP contribution in [0.2, 0.25) is 10.3 Å². The van der Waals surface area contributed by atoms with Gasteiger partial charge < -0.3 is 5.32 Å². The average Bonchev–Trinajstić information content (AvgIpc) is 2.41. The second-order valence-electron chi connectivity index (χ2n) is 4.64. The van der Waals surface area contributed by atoms with Gasteiger partial charge in [-0.05, 0) is 37.6 Å². The summed E-state index contributed by atoms with van der Waals surface area (Å²) in [7, 11) is 0. The molecular weight excluding hydrogens is 309 g/mol. The lowest BCUT2D eigenvalue weighted by Gasteiger charge is -2.09. The zero-order valence-corrected chi connectivity index (χ0v) is 13.3. The first-order valence-corrected chi connectivity index (χ1v) is 7.36. The van der Waals surface area contributed by atoms with E-state index in [9.17, 15) is 4.79 Å². The Morgan fingerprint density at radius 2 is 1.95 bits per heavy atom. The van der Waals surface area contributed by atoms with Crippen molar-refractivity contribution in [2.75, 3.05) is 5.32 Å². The number of aromatic nitrogens is 2. The molecule has 0 atom stereocenters.